The fourth-order valence-electron chi connectivity index (χ4n) is 0.879. The van der Waals surface area contributed by atoms with E-state index in [-0.39, 0.29) is 0 Å². The quantitative estimate of drug-likeness (QED) is 0.546. The number of nitrogens with one attached hydrogen (secondary N) is 1. The van der Waals surface area contributed by atoms with E-state index in [2.05, 4.69) is 10.3 Å². The molecular formula is C8H16N4O2S. The number of amides is 4. The minimum absolute atomic E-state index is 0.302. The molecule has 0 aromatic rings. The highest BCUT2D eigenvalue weighted by molar-refractivity contribution is 8.13. The van der Waals surface area contributed by atoms with Crippen molar-refractivity contribution in [3.05, 3.63) is 0 Å². The van der Waals surface area contributed by atoms with Crippen LogP contribution >= 0.6 is 11.8 Å². The molecule has 0 aliphatic carbocycles. The van der Waals surface area contributed by atoms with Crippen molar-refractivity contribution in [1.82, 2.24) is 10.2 Å². The van der Waals surface area contributed by atoms with E-state index in [1.807, 2.05) is 0 Å². The lowest BCUT2D eigenvalue weighted by Crippen LogP contribution is -2.40. The molecule has 0 fully saturated rings. The van der Waals surface area contributed by atoms with Crippen molar-refractivity contribution >= 4 is 29.0 Å². The van der Waals surface area contributed by atoms with E-state index in [1.165, 1.54) is 16.7 Å². The highest BCUT2D eigenvalue weighted by Crippen LogP contribution is 2.05. The first-order valence-electron chi connectivity index (χ1n) is 4.54. The number of carbonyl (C=O) groups is 2. The third-order valence-corrected chi connectivity index (χ3v) is 2.20. The largest absolute Gasteiger partial charge is 0.351 e. The van der Waals surface area contributed by atoms with Crippen molar-refractivity contribution < 1.29 is 9.59 Å². The molecule has 6 nitrogen and oxygen atoms in total. The second kappa shape index (κ2) is 7.10. The Morgan fingerprint density at radius 3 is 2.40 bits per heavy atom. The number of rotatable bonds is 2. The molecule has 0 heterocycles. The SMILES string of the molecule is CCNC(=O)N=C(SC)N(CC)C(N)=O. The molecule has 0 saturated heterocycles. The van der Waals surface area contributed by atoms with Gasteiger partial charge in [0, 0.05) is 13.1 Å². The molecule has 86 valence electrons. The molecule has 0 aromatic heterocycles. The van der Waals surface area contributed by atoms with Crippen LogP contribution < -0.4 is 11.1 Å². The molecule has 0 aliphatic heterocycles. The summed E-state index contributed by atoms with van der Waals surface area (Å²) >= 11 is 1.20. The van der Waals surface area contributed by atoms with Crippen molar-refractivity contribution in [2.45, 2.75) is 13.8 Å². The number of primary amides is 1. The van der Waals surface area contributed by atoms with Crippen LogP contribution in [0, 0.1) is 0 Å². The summed E-state index contributed by atoms with van der Waals surface area (Å²) in [5, 5.41) is 2.81. The van der Waals surface area contributed by atoms with Gasteiger partial charge in [-0.2, -0.15) is 4.99 Å². The molecule has 0 rings (SSSR count). The summed E-state index contributed by atoms with van der Waals surface area (Å²) in [6.45, 7) is 4.42. The van der Waals surface area contributed by atoms with Crippen LogP contribution in [0.3, 0.4) is 0 Å². The molecule has 0 radical (unpaired) electrons. The van der Waals surface area contributed by atoms with Gasteiger partial charge in [0.2, 0.25) is 0 Å². The number of hydrogen-bond donors (Lipinski definition) is 2. The van der Waals surface area contributed by atoms with Crippen LogP contribution in [0.1, 0.15) is 13.8 Å². The zero-order valence-electron chi connectivity index (χ0n) is 9.11. The summed E-state index contributed by atoms with van der Waals surface area (Å²) in [6, 6.07) is -1.09. The zero-order chi connectivity index (χ0) is 11.8. The fourth-order valence-corrected chi connectivity index (χ4v) is 1.49. The summed E-state index contributed by atoms with van der Waals surface area (Å²) < 4.78 is 0. The number of aliphatic imine (C=N–C) groups is 1. The van der Waals surface area contributed by atoms with Crippen molar-refractivity contribution in [1.29, 1.82) is 0 Å². The number of nitrogens with two attached hydrogens (primary N) is 1. The van der Waals surface area contributed by atoms with Gasteiger partial charge in [-0.25, -0.2) is 9.59 Å². The maximum Gasteiger partial charge on any atom is 0.343 e. The van der Waals surface area contributed by atoms with E-state index >= 15 is 0 Å². The van der Waals surface area contributed by atoms with E-state index in [0.717, 1.165) is 0 Å². The summed E-state index contributed by atoms with van der Waals surface area (Å²) in [7, 11) is 0. The van der Waals surface area contributed by atoms with Crippen LogP contribution in [0.15, 0.2) is 4.99 Å². The number of hydrogen-bond acceptors (Lipinski definition) is 3. The maximum absolute atomic E-state index is 11.2. The van der Waals surface area contributed by atoms with Gasteiger partial charge in [-0.15, -0.1) is 0 Å². The number of thioether (sulfide) groups is 1. The van der Waals surface area contributed by atoms with Crippen LogP contribution in [0.5, 0.6) is 0 Å². The van der Waals surface area contributed by atoms with Gasteiger partial charge in [0.25, 0.3) is 0 Å². The summed E-state index contributed by atoms with van der Waals surface area (Å²) in [6.07, 6.45) is 1.73. The van der Waals surface area contributed by atoms with Crippen molar-refractivity contribution in [3.63, 3.8) is 0 Å². The molecule has 4 amide bonds. The predicted octanol–water partition coefficient (Wildman–Crippen LogP) is 0.836. The van der Waals surface area contributed by atoms with Crippen LogP contribution in [0.2, 0.25) is 0 Å². The second-order valence-corrected chi connectivity index (χ2v) is 3.29. The van der Waals surface area contributed by atoms with E-state index < -0.39 is 12.1 Å². The van der Waals surface area contributed by atoms with E-state index in [4.69, 9.17) is 5.73 Å². The lowest BCUT2D eigenvalue weighted by atomic mass is 10.6. The number of carbonyl (C=O) groups excluding carboxylic acids is 2. The van der Waals surface area contributed by atoms with Crippen molar-refractivity contribution in [2.24, 2.45) is 10.7 Å². The van der Waals surface area contributed by atoms with Crippen LogP contribution in [-0.2, 0) is 0 Å². The highest BCUT2D eigenvalue weighted by atomic mass is 32.2. The summed E-state index contributed by atoms with van der Waals surface area (Å²) in [5.41, 5.74) is 5.13. The Balaban J connectivity index is 4.71. The zero-order valence-corrected chi connectivity index (χ0v) is 9.93. The minimum atomic E-state index is -0.616. The minimum Gasteiger partial charge on any atom is -0.351 e. The molecule has 0 unspecified atom stereocenters. The molecule has 0 aliphatic rings. The Morgan fingerprint density at radius 2 is 2.07 bits per heavy atom. The molecule has 0 atom stereocenters. The first-order valence-corrected chi connectivity index (χ1v) is 5.76. The Kier molecular flexibility index (Phi) is 6.52. The van der Waals surface area contributed by atoms with Gasteiger partial charge < -0.3 is 11.1 Å². The van der Waals surface area contributed by atoms with Crippen LogP contribution in [-0.4, -0.2) is 41.5 Å². The molecule has 0 bridgehead atoms. The Labute approximate surface area is 93.3 Å². The van der Waals surface area contributed by atoms with Crippen molar-refractivity contribution in [3.8, 4) is 0 Å². The Morgan fingerprint density at radius 1 is 1.47 bits per heavy atom. The lowest BCUT2D eigenvalue weighted by molar-refractivity contribution is 0.232. The summed E-state index contributed by atoms with van der Waals surface area (Å²) in [4.78, 5) is 27.1. The van der Waals surface area contributed by atoms with Gasteiger partial charge in [0.15, 0.2) is 5.17 Å². The highest BCUT2D eigenvalue weighted by Gasteiger charge is 2.14. The topological polar surface area (TPSA) is 87.8 Å². The van der Waals surface area contributed by atoms with Crippen LogP contribution in [0.25, 0.3) is 0 Å². The standard InChI is InChI=1S/C8H16N4O2S/c1-4-10-7(14)11-8(15-3)12(5-2)6(9)13/h4-5H2,1-3H3,(H2,9,13)(H,10,14). The third kappa shape index (κ3) is 4.68. The first kappa shape index (κ1) is 13.8. The molecule has 0 aromatic carbocycles. The monoisotopic (exact) mass is 232 g/mol. The van der Waals surface area contributed by atoms with E-state index in [1.54, 1.807) is 20.1 Å². The Bertz CT molecular complexity index is 267. The average Bonchev–Trinajstić information content (AvgIpc) is 2.17. The third-order valence-electron chi connectivity index (χ3n) is 1.52. The molecule has 0 saturated carbocycles. The van der Waals surface area contributed by atoms with Crippen LogP contribution in [0.4, 0.5) is 9.59 Å². The fraction of sp³-hybridized carbons (Fsp3) is 0.625. The summed E-state index contributed by atoms with van der Waals surface area (Å²) in [5.74, 6) is 0. The first-order chi connectivity index (χ1) is 7.06. The van der Waals surface area contributed by atoms with Gasteiger partial charge in [-0.1, -0.05) is 11.8 Å². The Hall–Kier alpha value is -1.24. The van der Waals surface area contributed by atoms with Gasteiger partial charge in [-0.3, -0.25) is 4.90 Å². The molecule has 15 heavy (non-hydrogen) atoms. The molecule has 7 heteroatoms. The molecule has 0 spiro atoms. The van der Waals surface area contributed by atoms with Gasteiger partial charge in [-0.05, 0) is 20.1 Å². The predicted molar refractivity (Wildman–Crippen MR) is 62.0 cm³/mol. The number of nitrogens with zero attached hydrogens (tertiary/aromatic N) is 2. The van der Waals surface area contributed by atoms with Gasteiger partial charge in [0.05, 0.1) is 0 Å². The second-order valence-electron chi connectivity index (χ2n) is 2.52. The number of urea groups is 2. The normalized spacial score (nSPS) is 11.0. The smallest absolute Gasteiger partial charge is 0.343 e. The lowest BCUT2D eigenvalue weighted by Gasteiger charge is -2.18. The van der Waals surface area contributed by atoms with Gasteiger partial charge >= 0.3 is 12.1 Å². The van der Waals surface area contributed by atoms with E-state index in [0.29, 0.717) is 18.3 Å². The van der Waals surface area contributed by atoms with E-state index in [9.17, 15) is 9.59 Å². The molecule has 3 N–H and O–H groups in total. The van der Waals surface area contributed by atoms with Crippen molar-refractivity contribution in [2.75, 3.05) is 19.3 Å². The number of amidine groups is 1. The average molecular weight is 232 g/mol. The maximum atomic E-state index is 11.2. The van der Waals surface area contributed by atoms with Gasteiger partial charge in [0.1, 0.15) is 0 Å². The molecular weight excluding hydrogens is 216 g/mol.